The monoisotopic (exact) mass is 344 g/mol. The van der Waals surface area contributed by atoms with Crippen LogP contribution >= 0.6 is 23.1 Å². The molecular weight excluding hydrogens is 328 g/mol. The Morgan fingerprint density at radius 1 is 1.22 bits per heavy atom. The van der Waals surface area contributed by atoms with Gasteiger partial charge in [0.05, 0.1) is 6.42 Å². The molecule has 2 heterocycles. The summed E-state index contributed by atoms with van der Waals surface area (Å²) in [6.07, 6.45) is 4.30. The minimum Gasteiger partial charge on any atom is -0.324 e. The second-order valence-electron chi connectivity index (χ2n) is 4.79. The molecule has 0 spiro atoms. The van der Waals surface area contributed by atoms with Gasteiger partial charge in [-0.15, -0.1) is 10.2 Å². The topological polar surface area (TPSA) is 59.8 Å². The third-order valence-corrected chi connectivity index (χ3v) is 4.98. The molecule has 1 N–H and O–H groups in total. The minimum absolute atomic E-state index is 0.0806. The van der Waals surface area contributed by atoms with Crippen molar-refractivity contribution in [3.8, 4) is 5.69 Å². The maximum Gasteiger partial charge on any atom is 0.230 e. The van der Waals surface area contributed by atoms with E-state index < -0.39 is 0 Å². The Bertz CT molecular complexity index is 766. The molecule has 0 aliphatic rings. The second kappa shape index (κ2) is 7.43. The number of hydrogen-bond donors (Lipinski definition) is 1. The standard InChI is InChI=1S/C16H16N4OS2/c1-2-22-16-19-18-15(23-16)17-14(21)11-12-5-7-13(8-6-12)20-9-3-4-10-20/h3-10H,2,11H2,1H3,(H,17,18,21). The highest BCUT2D eigenvalue weighted by atomic mass is 32.2. The Balaban J connectivity index is 1.59. The van der Waals surface area contributed by atoms with Crippen LogP contribution in [0.4, 0.5) is 5.13 Å². The molecular formula is C16H16N4OS2. The zero-order chi connectivity index (χ0) is 16.1. The summed E-state index contributed by atoms with van der Waals surface area (Å²) in [6, 6.07) is 11.9. The van der Waals surface area contributed by atoms with E-state index in [0.29, 0.717) is 11.6 Å². The van der Waals surface area contributed by atoms with Gasteiger partial charge in [0.15, 0.2) is 4.34 Å². The van der Waals surface area contributed by atoms with Gasteiger partial charge in [0, 0.05) is 18.1 Å². The van der Waals surface area contributed by atoms with E-state index in [-0.39, 0.29) is 5.91 Å². The van der Waals surface area contributed by atoms with Crippen molar-refractivity contribution in [2.45, 2.75) is 17.7 Å². The first-order valence-corrected chi connectivity index (χ1v) is 9.03. The number of thioether (sulfide) groups is 1. The lowest BCUT2D eigenvalue weighted by molar-refractivity contribution is -0.115. The van der Waals surface area contributed by atoms with E-state index in [1.165, 1.54) is 11.3 Å². The van der Waals surface area contributed by atoms with E-state index in [4.69, 9.17) is 0 Å². The zero-order valence-corrected chi connectivity index (χ0v) is 14.2. The number of nitrogens with zero attached hydrogens (tertiary/aromatic N) is 3. The molecule has 3 rings (SSSR count). The van der Waals surface area contributed by atoms with Crippen molar-refractivity contribution < 1.29 is 4.79 Å². The first-order chi connectivity index (χ1) is 11.2. The smallest absolute Gasteiger partial charge is 0.230 e. The van der Waals surface area contributed by atoms with Crippen LogP contribution in [0.25, 0.3) is 5.69 Å². The van der Waals surface area contributed by atoms with Crippen molar-refractivity contribution in [2.75, 3.05) is 11.1 Å². The lowest BCUT2D eigenvalue weighted by Crippen LogP contribution is -2.14. The fourth-order valence-corrected chi connectivity index (χ4v) is 3.75. The van der Waals surface area contributed by atoms with Crippen LogP contribution in [-0.4, -0.2) is 26.4 Å². The van der Waals surface area contributed by atoms with Crippen molar-refractivity contribution in [1.82, 2.24) is 14.8 Å². The van der Waals surface area contributed by atoms with Gasteiger partial charge in [-0.3, -0.25) is 4.79 Å². The molecule has 0 aliphatic carbocycles. The van der Waals surface area contributed by atoms with Crippen LogP contribution < -0.4 is 5.32 Å². The summed E-state index contributed by atoms with van der Waals surface area (Å²) in [6.45, 7) is 2.06. The van der Waals surface area contributed by atoms with Crippen LogP contribution in [0, 0.1) is 0 Å². The van der Waals surface area contributed by atoms with E-state index in [1.54, 1.807) is 11.8 Å². The van der Waals surface area contributed by atoms with Crippen LogP contribution in [0.1, 0.15) is 12.5 Å². The maximum atomic E-state index is 12.1. The molecule has 23 heavy (non-hydrogen) atoms. The molecule has 3 aromatic rings. The van der Waals surface area contributed by atoms with E-state index in [0.717, 1.165) is 21.3 Å². The van der Waals surface area contributed by atoms with Crippen LogP contribution in [0.2, 0.25) is 0 Å². The van der Waals surface area contributed by atoms with Gasteiger partial charge in [0.1, 0.15) is 0 Å². The van der Waals surface area contributed by atoms with Gasteiger partial charge in [0.25, 0.3) is 0 Å². The van der Waals surface area contributed by atoms with Gasteiger partial charge in [0.2, 0.25) is 11.0 Å². The highest BCUT2D eigenvalue weighted by molar-refractivity contribution is 8.01. The molecule has 5 nitrogen and oxygen atoms in total. The number of benzene rings is 1. The number of rotatable bonds is 6. The second-order valence-corrected chi connectivity index (χ2v) is 7.28. The Morgan fingerprint density at radius 3 is 2.65 bits per heavy atom. The average Bonchev–Trinajstić information content (AvgIpc) is 3.20. The maximum absolute atomic E-state index is 12.1. The third-order valence-electron chi connectivity index (χ3n) is 3.12. The lowest BCUT2D eigenvalue weighted by atomic mass is 10.1. The molecule has 118 valence electrons. The Hall–Kier alpha value is -2.12. The molecule has 0 atom stereocenters. The van der Waals surface area contributed by atoms with Crippen LogP contribution in [0.3, 0.4) is 0 Å². The SMILES string of the molecule is CCSc1nnc(NC(=O)Cc2ccc(-n3cccc3)cc2)s1. The molecule has 0 aliphatic heterocycles. The number of nitrogens with one attached hydrogen (secondary N) is 1. The molecule has 2 aromatic heterocycles. The van der Waals surface area contributed by atoms with Crippen molar-refractivity contribution in [3.05, 3.63) is 54.4 Å². The van der Waals surface area contributed by atoms with E-state index >= 15 is 0 Å². The Labute approximate surface area is 142 Å². The third kappa shape index (κ3) is 4.20. The first-order valence-electron chi connectivity index (χ1n) is 7.23. The van der Waals surface area contributed by atoms with E-state index in [2.05, 4.69) is 22.4 Å². The molecule has 0 bridgehead atoms. The summed E-state index contributed by atoms with van der Waals surface area (Å²) in [4.78, 5) is 12.1. The first kappa shape index (κ1) is 15.8. The van der Waals surface area contributed by atoms with Crippen molar-refractivity contribution >= 4 is 34.1 Å². The van der Waals surface area contributed by atoms with Gasteiger partial charge in [-0.1, -0.05) is 42.2 Å². The summed E-state index contributed by atoms with van der Waals surface area (Å²) in [7, 11) is 0. The Morgan fingerprint density at radius 2 is 1.96 bits per heavy atom. The molecule has 1 aromatic carbocycles. The molecule has 0 saturated heterocycles. The van der Waals surface area contributed by atoms with Gasteiger partial charge in [-0.25, -0.2) is 0 Å². The van der Waals surface area contributed by atoms with Crippen LogP contribution in [-0.2, 0) is 11.2 Å². The average molecular weight is 344 g/mol. The number of hydrogen-bond acceptors (Lipinski definition) is 5. The van der Waals surface area contributed by atoms with Crippen molar-refractivity contribution in [3.63, 3.8) is 0 Å². The summed E-state index contributed by atoms with van der Waals surface area (Å²) < 4.78 is 2.90. The normalized spacial score (nSPS) is 10.7. The highest BCUT2D eigenvalue weighted by Crippen LogP contribution is 2.25. The predicted molar refractivity (Wildman–Crippen MR) is 94.4 cm³/mol. The lowest BCUT2D eigenvalue weighted by Gasteiger charge is -2.05. The Kier molecular flexibility index (Phi) is 5.09. The van der Waals surface area contributed by atoms with E-state index in [1.807, 2.05) is 53.4 Å². The fraction of sp³-hybridized carbons (Fsp3) is 0.188. The summed E-state index contributed by atoms with van der Waals surface area (Å²) in [5.41, 5.74) is 2.04. The molecule has 1 amide bonds. The fourth-order valence-electron chi connectivity index (χ4n) is 2.08. The summed E-state index contributed by atoms with van der Waals surface area (Å²) in [5.74, 6) is 0.860. The summed E-state index contributed by atoms with van der Waals surface area (Å²) >= 11 is 3.02. The molecule has 0 fully saturated rings. The number of carbonyl (C=O) groups is 1. The van der Waals surface area contributed by atoms with Crippen LogP contribution in [0.5, 0.6) is 0 Å². The van der Waals surface area contributed by atoms with E-state index in [9.17, 15) is 4.79 Å². The number of amides is 1. The zero-order valence-electron chi connectivity index (χ0n) is 12.6. The van der Waals surface area contributed by atoms with Gasteiger partial charge in [-0.2, -0.15) is 0 Å². The summed E-state index contributed by atoms with van der Waals surface area (Å²) in [5, 5.41) is 11.3. The number of carbonyl (C=O) groups excluding carboxylic acids is 1. The molecule has 0 unspecified atom stereocenters. The largest absolute Gasteiger partial charge is 0.324 e. The number of aromatic nitrogens is 3. The van der Waals surface area contributed by atoms with Gasteiger partial charge in [-0.05, 0) is 35.6 Å². The molecule has 0 saturated carbocycles. The number of anilines is 1. The van der Waals surface area contributed by atoms with Gasteiger partial charge < -0.3 is 9.88 Å². The predicted octanol–water partition coefficient (Wildman–Crippen LogP) is 3.62. The minimum atomic E-state index is -0.0806. The molecule has 0 radical (unpaired) electrons. The van der Waals surface area contributed by atoms with Gasteiger partial charge >= 0.3 is 0 Å². The van der Waals surface area contributed by atoms with Crippen molar-refractivity contribution in [2.24, 2.45) is 0 Å². The quantitative estimate of drug-likeness (QED) is 0.548. The highest BCUT2D eigenvalue weighted by Gasteiger charge is 2.09. The molecule has 7 heteroatoms. The van der Waals surface area contributed by atoms with Crippen LogP contribution in [0.15, 0.2) is 53.1 Å². The van der Waals surface area contributed by atoms with Crippen molar-refractivity contribution in [1.29, 1.82) is 0 Å².